The Morgan fingerprint density at radius 1 is 1.17 bits per heavy atom. The summed E-state index contributed by atoms with van der Waals surface area (Å²) < 4.78 is 30.3. The molecule has 3 rings (SSSR count). The first-order chi connectivity index (χ1) is 13.7. The van der Waals surface area contributed by atoms with Crippen LogP contribution in [0, 0.1) is 6.92 Å². The van der Waals surface area contributed by atoms with E-state index in [2.05, 4.69) is 15.5 Å². The number of benzene rings is 2. The molecule has 0 fully saturated rings. The molecule has 0 spiro atoms. The molecule has 1 heterocycles. The van der Waals surface area contributed by atoms with Crippen LogP contribution in [0.1, 0.15) is 11.1 Å². The van der Waals surface area contributed by atoms with Crippen molar-refractivity contribution in [3.63, 3.8) is 0 Å². The minimum Gasteiger partial charge on any atom is -0.482 e. The van der Waals surface area contributed by atoms with Gasteiger partial charge in [-0.2, -0.15) is 0 Å². The molecule has 7 nitrogen and oxygen atoms in total. The van der Waals surface area contributed by atoms with Crippen molar-refractivity contribution < 1.29 is 17.9 Å². The molecule has 11 heteroatoms. The van der Waals surface area contributed by atoms with Gasteiger partial charge in [0.15, 0.2) is 6.61 Å². The molecule has 0 radical (unpaired) electrons. The van der Waals surface area contributed by atoms with E-state index >= 15 is 0 Å². The zero-order valence-corrected chi connectivity index (χ0v) is 18.2. The molecule has 0 aliphatic heterocycles. The Hall–Kier alpha value is -2.20. The largest absolute Gasteiger partial charge is 0.482 e. The van der Waals surface area contributed by atoms with Crippen LogP contribution in [-0.2, 0) is 20.4 Å². The summed E-state index contributed by atoms with van der Waals surface area (Å²) in [5, 5.41) is 10.7. The Morgan fingerprint density at radius 3 is 2.66 bits per heavy atom. The second kappa shape index (κ2) is 9.08. The van der Waals surface area contributed by atoms with Gasteiger partial charge in [-0.05, 0) is 36.2 Å². The van der Waals surface area contributed by atoms with Crippen molar-refractivity contribution in [2.75, 3.05) is 11.9 Å². The summed E-state index contributed by atoms with van der Waals surface area (Å²) in [6.07, 6.45) is 0. The number of aromatic nitrogens is 2. The summed E-state index contributed by atoms with van der Waals surface area (Å²) in [6, 6.07) is 11.8. The molecule has 0 unspecified atom stereocenters. The zero-order valence-electron chi connectivity index (χ0n) is 15.1. The minimum atomic E-state index is -3.68. The maximum atomic E-state index is 12.6. The molecule has 2 aromatic carbocycles. The minimum absolute atomic E-state index is 0.0594. The van der Waals surface area contributed by atoms with Gasteiger partial charge in [0, 0.05) is 5.02 Å². The average molecular weight is 472 g/mol. The van der Waals surface area contributed by atoms with E-state index in [1.165, 1.54) is 6.07 Å². The van der Waals surface area contributed by atoms with Crippen molar-refractivity contribution in [2.24, 2.45) is 0 Å². The molecule has 1 amide bonds. The van der Waals surface area contributed by atoms with Crippen molar-refractivity contribution in [3.05, 3.63) is 63.6 Å². The third kappa shape index (κ3) is 5.66. The number of nitrogens with zero attached hydrogens (tertiary/aromatic N) is 2. The third-order valence-electron chi connectivity index (χ3n) is 3.78. The average Bonchev–Trinajstić information content (AvgIpc) is 3.12. The number of nitrogens with one attached hydrogen (secondary N) is 1. The van der Waals surface area contributed by atoms with E-state index in [4.69, 9.17) is 27.9 Å². The number of carbonyl (C=O) groups is 1. The molecule has 1 N–H and O–H groups in total. The number of sulfone groups is 1. The maximum Gasteiger partial charge on any atom is 0.264 e. The summed E-state index contributed by atoms with van der Waals surface area (Å²) in [7, 11) is -3.68. The van der Waals surface area contributed by atoms with Crippen LogP contribution >= 0.6 is 34.5 Å². The molecule has 1 aromatic heterocycles. The van der Waals surface area contributed by atoms with Crippen LogP contribution in [0.3, 0.4) is 0 Å². The smallest absolute Gasteiger partial charge is 0.264 e. The van der Waals surface area contributed by atoms with E-state index in [9.17, 15) is 13.2 Å². The van der Waals surface area contributed by atoms with Crippen LogP contribution in [0.4, 0.5) is 5.13 Å². The lowest BCUT2D eigenvalue weighted by Gasteiger charge is -2.07. The Balaban J connectivity index is 1.62. The quantitative estimate of drug-likeness (QED) is 0.519. The van der Waals surface area contributed by atoms with Crippen LogP contribution in [0.25, 0.3) is 0 Å². The fraction of sp³-hybridized carbons (Fsp3) is 0.167. The lowest BCUT2D eigenvalue weighted by molar-refractivity contribution is -0.118. The molecule has 0 saturated heterocycles. The predicted octanol–water partition coefficient (Wildman–Crippen LogP) is 4.14. The first-order valence-electron chi connectivity index (χ1n) is 8.23. The van der Waals surface area contributed by atoms with E-state index in [0.29, 0.717) is 16.3 Å². The van der Waals surface area contributed by atoms with Crippen LogP contribution in [-0.4, -0.2) is 31.1 Å². The Labute approximate surface area is 181 Å². The fourth-order valence-electron chi connectivity index (χ4n) is 2.32. The summed E-state index contributed by atoms with van der Waals surface area (Å²) in [6.45, 7) is 1.50. The van der Waals surface area contributed by atoms with E-state index in [0.717, 1.165) is 16.9 Å². The lowest BCUT2D eigenvalue weighted by atomic mass is 10.1. The van der Waals surface area contributed by atoms with Crippen molar-refractivity contribution >= 4 is 55.4 Å². The van der Waals surface area contributed by atoms with Crippen molar-refractivity contribution in [1.82, 2.24) is 10.2 Å². The van der Waals surface area contributed by atoms with Gasteiger partial charge in [0.1, 0.15) is 5.75 Å². The second-order valence-corrected chi connectivity index (χ2v) is 9.95. The van der Waals surface area contributed by atoms with Gasteiger partial charge in [0.05, 0.1) is 10.8 Å². The van der Waals surface area contributed by atoms with E-state index < -0.39 is 15.7 Å². The monoisotopic (exact) mass is 471 g/mol. The first-order valence-corrected chi connectivity index (χ1v) is 11.5. The molecule has 0 atom stereocenters. The normalized spacial score (nSPS) is 11.3. The van der Waals surface area contributed by atoms with Crippen molar-refractivity contribution in [3.8, 4) is 5.75 Å². The molecule has 0 bridgehead atoms. The highest BCUT2D eigenvalue weighted by atomic mass is 35.5. The number of anilines is 1. The van der Waals surface area contributed by atoms with Gasteiger partial charge in [-0.15, -0.1) is 10.2 Å². The predicted molar refractivity (Wildman–Crippen MR) is 113 cm³/mol. The molecule has 29 heavy (non-hydrogen) atoms. The first kappa shape index (κ1) is 21.5. The summed E-state index contributed by atoms with van der Waals surface area (Å²) in [4.78, 5) is 12.0. The van der Waals surface area contributed by atoms with E-state index in [1.54, 1.807) is 24.3 Å². The maximum absolute atomic E-state index is 12.6. The Morgan fingerprint density at radius 2 is 1.93 bits per heavy atom. The summed E-state index contributed by atoms with van der Waals surface area (Å²) in [5.41, 5.74) is 1.55. The van der Waals surface area contributed by atoms with Gasteiger partial charge in [-0.3, -0.25) is 10.1 Å². The van der Waals surface area contributed by atoms with Gasteiger partial charge >= 0.3 is 0 Å². The number of halogens is 2. The lowest BCUT2D eigenvalue weighted by Crippen LogP contribution is -2.20. The van der Waals surface area contributed by atoms with Crippen LogP contribution < -0.4 is 10.1 Å². The van der Waals surface area contributed by atoms with Crippen molar-refractivity contribution in [1.29, 1.82) is 0 Å². The molecule has 152 valence electrons. The third-order valence-corrected chi connectivity index (χ3v) is 7.26. The Kier molecular flexibility index (Phi) is 6.74. The van der Waals surface area contributed by atoms with E-state index in [-0.39, 0.29) is 26.9 Å². The molecule has 0 saturated carbocycles. The summed E-state index contributed by atoms with van der Waals surface area (Å²) >= 11 is 12.6. The highest BCUT2D eigenvalue weighted by Gasteiger charge is 2.22. The molecular weight excluding hydrogens is 457 g/mol. The Bertz CT molecular complexity index is 1150. The van der Waals surface area contributed by atoms with Crippen LogP contribution in [0.15, 0.2) is 46.8 Å². The van der Waals surface area contributed by atoms with Gasteiger partial charge in [-0.25, -0.2) is 8.42 Å². The number of rotatable bonds is 7. The standard InChI is InChI=1S/C18H15Cl2N3O4S2/c1-11-4-2-3-5-12(11)10-29(25,26)18-23-22-17(28-18)21-16(24)9-27-15-7-6-13(19)8-14(15)20/h2-8H,9-10H2,1H3,(H,21,22,24). The molecule has 3 aromatic rings. The van der Waals surface area contributed by atoms with Gasteiger partial charge in [-0.1, -0.05) is 58.8 Å². The SMILES string of the molecule is Cc1ccccc1CS(=O)(=O)c1nnc(NC(=O)COc2ccc(Cl)cc2Cl)s1. The number of ether oxygens (including phenoxy) is 1. The number of aryl methyl sites for hydroxylation is 1. The second-order valence-electron chi connectivity index (χ2n) is 5.97. The van der Waals surface area contributed by atoms with E-state index in [1.807, 2.05) is 19.1 Å². The van der Waals surface area contributed by atoms with Crippen LogP contribution in [0.2, 0.25) is 10.0 Å². The molecule has 0 aliphatic carbocycles. The fourth-order valence-corrected chi connectivity index (χ4v) is 5.22. The molecule has 0 aliphatic rings. The van der Waals surface area contributed by atoms with Crippen molar-refractivity contribution in [2.45, 2.75) is 17.0 Å². The van der Waals surface area contributed by atoms with Gasteiger partial charge in [0.25, 0.3) is 5.91 Å². The number of amides is 1. The topological polar surface area (TPSA) is 98.3 Å². The highest BCUT2D eigenvalue weighted by molar-refractivity contribution is 7.92. The van der Waals surface area contributed by atoms with Crippen LogP contribution in [0.5, 0.6) is 5.75 Å². The number of carbonyl (C=O) groups excluding carboxylic acids is 1. The highest BCUT2D eigenvalue weighted by Crippen LogP contribution is 2.28. The zero-order chi connectivity index (χ0) is 21.0. The summed E-state index contributed by atoms with van der Waals surface area (Å²) in [5.74, 6) is -0.430. The number of hydrogen-bond donors (Lipinski definition) is 1. The molecular formula is C18H15Cl2N3O4S2. The van der Waals surface area contributed by atoms with Gasteiger partial charge in [0.2, 0.25) is 19.3 Å². The van der Waals surface area contributed by atoms with Gasteiger partial charge < -0.3 is 4.74 Å². The number of hydrogen-bond acceptors (Lipinski definition) is 7.